The summed E-state index contributed by atoms with van der Waals surface area (Å²) in [6, 6.07) is 0. The third-order valence-electron chi connectivity index (χ3n) is 10.4. The summed E-state index contributed by atoms with van der Waals surface area (Å²) in [7, 11) is -10.8. The van der Waals surface area contributed by atoms with Crippen LogP contribution in [0.4, 0.5) is 0 Å². The molecule has 1 saturated carbocycles. The van der Waals surface area contributed by atoms with E-state index >= 15 is 0 Å². The Morgan fingerprint density at radius 1 is 0.576 bits per heavy atom. The summed E-state index contributed by atoms with van der Waals surface area (Å²) in [5.74, 6) is -1.43. The van der Waals surface area contributed by atoms with E-state index in [1.807, 2.05) is 12.2 Å². The number of phosphoric ester groups is 2. The summed E-state index contributed by atoms with van der Waals surface area (Å²) in [6.07, 6.45) is 25.9. The standard InChI is InChI=1S/C47H80O17P2/c1-3-5-7-9-11-13-15-17-18-20-22-24-26-28-30-34-40(49)60-36-39(37-61-66(58,59)64-47-44(53)42(51)43(52)46(45(47)54)63-65(55,56)57)62-41(50)35-31-33-38(48)32-29-27-25-23-21-19-16-14-12-10-8-6-4-2/h6,8,12,14,17-19,21,25,27,29,32,38-39,42-48,51-54H,3-5,7,9-11,13,15-16,20,22-24,26,28,30-31,33-37H2,1-2H3,(H,58,59)(H2,55,56,57)/b8-6-,14-12-,18-17-,21-19-,27-25-,32-29+/t38?,39-,42?,43?,44?,45?,46-,47+/m1/s1. The first kappa shape index (κ1) is 61.4. The minimum absolute atomic E-state index is 0.0666. The van der Waals surface area contributed by atoms with Crippen molar-refractivity contribution in [1.29, 1.82) is 0 Å². The van der Waals surface area contributed by atoms with E-state index in [0.29, 0.717) is 6.42 Å². The van der Waals surface area contributed by atoms with Crippen LogP contribution in [0.25, 0.3) is 0 Å². The molecule has 0 aliphatic heterocycles. The molecule has 9 atom stereocenters. The smallest absolute Gasteiger partial charge is 0.462 e. The van der Waals surface area contributed by atoms with Gasteiger partial charge in [-0.05, 0) is 70.6 Å². The van der Waals surface area contributed by atoms with Gasteiger partial charge >= 0.3 is 27.6 Å². The Hall–Kier alpha value is -2.60. The third kappa shape index (κ3) is 31.4. The first-order chi connectivity index (χ1) is 31.5. The van der Waals surface area contributed by atoms with Crippen LogP contribution < -0.4 is 0 Å². The van der Waals surface area contributed by atoms with Gasteiger partial charge in [0.15, 0.2) is 6.10 Å². The van der Waals surface area contributed by atoms with Crippen molar-refractivity contribution < 1.29 is 82.0 Å². The Kier molecular flexibility index (Phi) is 34.7. The Morgan fingerprint density at radius 3 is 1.70 bits per heavy atom. The molecule has 1 aliphatic rings. The zero-order valence-electron chi connectivity index (χ0n) is 39.0. The number of aliphatic hydroxyl groups is 5. The van der Waals surface area contributed by atoms with Crippen molar-refractivity contribution in [3.63, 3.8) is 0 Å². The van der Waals surface area contributed by atoms with E-state index in [1.54, 1.807) is 18.2 Å². The van der Waals surface area contributed by atoms with Crippen molar-refractivity contribution in [2.75, 3.05) is 13.2 Å². The van der Waals surface area contributed by atoms with Gasteiger partial charge in [0, 0.05) is 12.8 Å². The summed E-state index contributed by atoms with van der Waals surface area (Å²) in [6.45, 7) is 2.81. The molecule has 380 valence electrons. The van der Waals surface area contributed by atoms with E-state index in [9.17, 15) is 58.9 Å². The molecule has 19 heteroatoms. The molecule has 0 aromatic heterocycles. The molecule has 0 aromatic carbocycles. The second-order valence-corrected chi connectivity index (χ2v) is 18.9. The predicted molar refractivity (Wildman–Crippen MR) is 252 cm³/mol. The van der Waals surface area contributed by atoms with Crippen molar-refractivity contribution in [2.45, 2.75) is 198 Å². The van der Waals surface area contributed by atoms with Crippen LogP contribution in [0.15, 0.2) is 72.9 Å². The lowest BCUT2D eigenvalue weighted by atomic mass is 9.85. The van der Waals surface area contributed by atoms with Crippen molar-refractivity contribution in [3.05, 3.63) is 72.9 Å². The zero-order chi connectivity index (χ0) is 49.1. The Morgan fingerprint density at radius 2 is 1.11 bits per heavy atom. The molecular formula is C47H80O17P2. The largest absolute Gasteiger partial charge is 0.472 e. The van der Waals surface area contributed by atoms with Crippen LogP contribution >= 0.6 is 15.6 Å². The number of carbonyl (C=O) groups excluding carboxylic acids is 2. The molecule has 17 nitrogen and oxygen atoms in total. The lowest BCUT2D eigenvalue weighted by molar-refractivity contribution is -0.216. The van der Waals surface area contributed by atoms with Gasteiger partial charge < -0.3 is 49.7 Å². The van der Waals surface area contributed by atoms with E-state index in [4.69, 9.17) is 18.5 Å². The Bertz CT molecular complexity index is 1570. The monoisotopic (exact) mass is 978 g/mol. The van der Waals surface area contributed by atoms with Gasteiger partial charge in [-0.2, -0.15) is 0 Å². The second-order valence-electron chi connectivity index (χ2n) is 16.3. The highest BCUT2D eigenvalue weighted by Crippen LogP contribution is 2.49. The highest BCUT2D eigenvalue weighted by molar-refractivity contribution is 7.47. The molecular weight excluding hydrogens is 898 g/mol. The average molecular weight is 979 g/mol. The zero-order valence-corrected chi connectivity index (χ0v) is 40.7. The van der Waals surface area contributed by atoms with E-state index in [-0.39, 0.29) is 25.7 Å². The van der Waals surface area contributed by atoms with Gasteiger partial charge in [-0.15, -0.1) is 0 Å². The number of allylic oxidation sites excluding steroid dienone is 11. The number of ether oxygens (including phenoxy) is 2. The molecule has 0 saturated heterocycles. The Labute approximate surface area is 392 Å². The molecule has 0 heterocycles. The van der Waals surface area contributed by atoms with E-state index < -0.39 is 89.6 Å². The quantitative estimate of drug-likeness (QED) is 0.00963. The summed E-state index contributed by atoms with van der Waals surface area (Å²) in [5, 5.41) is 51.6. The van der Waals surface area contributed by atoms with Gasteiger partial charge in [-0.1, -0.05) is 138 Å². The fraction of sp³-hybridized carbons (Fsp3) is 0.702. The SMILES string of the molecule is CC/C=C\C/C=C\C/C=C\C/C=C\C=C\C(O)CCCC(=O)O[C@H](COC(=O)CCCCCCC/C=C\CCCCCCCC)COP(=O)(O)O[C@H]1C(O)C(O)C(O)[C@@H](OP(=O)(O)O)C1O. The molecule has 0 spiro atoms. The number of esters is 2. The first-order valence-corrected chi connectivity index (χ1v) is 26.6. The van der Waals surface area contributed by atoms with Gasteiger partial charge in [0.2, 0.25) is 0 Å². The fourth-order valence-corrected chi connectivity index (χ4v) is 8.23. The minimum Gasteiger partial charge on any atom is -0.462 e. The van der Waals surface area contributed by atoms with Crippen molar-refractivity contribution in [2.24, 2.45) is 0 Å². The van der Waals surface area contributed by atoms with Gasteiger partial charge in [-0.3, -0.25) is 23.2 Å². The molecule has 66 heavy (non-hydrogen) atoms. The van der Waals surface area contributed by atoms with Crippen LogP contribution in [-0.2, 0) is 41.8 Å². The van der Waals surface area contributed by atoms with Gasteiger partial charge in [-0.25, -0.2) is 9.13 Å². The van der Waals surface area contributed by atoms with E-state index in [0.717, 1.165) is 64.2 Å². The molecule has 0 amide bonds. The second kappa shape index (κ2) is 37.3. The molecule has 6 unspecified atom stereocenters. The van der Waals surface area contributed by atoms with Crippen molar-refractivity contribution >= 4 is 27.6 Å². The van der Waals surface area contributed by atoms with Crippen molar-refractivity contribution in [1.82, 2.24) is 0 Å². The Balaban J connectivity index is 2.70. The number of hydrogen-bond acceptors (Lipinski definition) is 14. The van der Waals surface area contributed by atoms with Crippen LogP contribution in [0.2, 0.25) is 0 Å². The summed E-state index contributed by atoms with van der Waals surface area (Å²) >= 11 is 0. The summed E-state index contributed by atoms with van der Waals surface area (Å²) in [4.78, 5) is 54.3. The number of rotatable bonds is 38. The third-order valence-corrected chi connectivity index (χ3v) is 11.9. The van der Waals surface area contributed by atoms with Crippen LogP contribution in [0.5, 0.6) is 0 Å². The van der Waals surface area contributed by atoms with E-state index in [1.165, 1.54) is 38.5 Å². The van der Waals surface area contributed by atoms with Gasteiger partial charge in [0.05, 0.1) is 12.7 Å². The molecule has 1 aliphatic carbocycles. The predicted octanol–water partition coefficient (Wildman–Crippen LogP) is 7.81. The maximum Gasteiger partial charge on any atom is 0.472 e. The molecule has 8 N–H and O–H groups in total. The molecule has 0 bridgehead atoms. The lowest BCUT2D eigenvalue weighted by Crippen LogP contribution is -2.64. The summed E-state index contributed by atoms with van der Waals surface area (Å²) < 4.78 is 49.2. The number of hydrogen-bond donors (Lipinski definition) is 8. The lowest BCUT2D eigenvalue weighted by Gasteiger charge is -2.43. The normalized spacial score (nSPS) is 22.6. The molecule has 1 rings (SSSR count). The number of aliphatic hydroxyl groups excluding tert-OH is 5. The minimum atomic E-state index is -5.39. The maximum absolute atomic E-state index is 13.0. The maximum atomic E-state index is 13.0. The average Bonchev–Trinajstić information content (AvgIpc) is 3.26. The van der Waals surface area contributed by atoms with Crippen LogP contribution in [0, 0.1) is 0 Å². The summed E-state index contributed by atoms with van der Waals surface area (Å²) in [5.41, 5.74) is 0. The number of carbonyl (C=O) groups is 2. The fourth-order valence-electron chi connectivity index (χ4n) is 6.70. The van der Waals surface area contributed by atoms with Crippen LogP contribution in [0.1, 0.15) is 149 Å². The number of phosphoric acid groups is 2. The van der Waals surface area contributed by atoms with Gasteiger partial charge in [0.1, 0.15) is 43.2 Å². The van der Waals surface area contributed by atoms with Crippen LogP contribution in [-0.4, -0.2) is 114 Å². The molecule has 0 radical (unpaired) electrons. The van der Waals surface area contributed by atoms with Gasteiger partial charge in [0.25, 0.3) is 0 Å². The first-order valence-electron chi connectivity index (χ1n) is 23.6. The van der Waals surface area contributed by atoms with E-state index in [2.05, 4.69) is 60.9 Å². The topological polar surface area (TPSA) is 276 Å². The van der Waals surface area contributed by atoms with Crippen LogP contribution in [0.3, 0.4) is 0 Å². The molecule has 1 fully saturated rings. The number of unbranched alkanes of at least 4 members (excludes halogenated alkanes) is 11. The molecule has 0 aromatic rings. The highest BCUT2D eigenvalue weighted by atomic mass is 31.2. The highest BCUT2D eigenvalue weighted by Gasteiger charge is 2.54. The van der Waals surface area contributed by atoms with Crippen molar-refractivity contribution in [3.8, 4) is 0 Å².